The Bertz CT molecular complexity index is 911. The first-order chi connectivity index (χ1) is 15.2. The molecule has 1 saturated carbocycles. The molecule has 1 aromatic carbocycles. The molecular formula is C23H30BrFN4O3. The van der Waals surface area contributed by atoms with Gasteiger partial charge in [0.1, 0.15) is 11.5 Å². The highest BCUT2D eigenvalue weighted by Gasteiger charge is 2.46. The van der Waals surface area contributed by atoms with Crippen LogP contribution in [0.15, 0.2) is 39.9 Å². The third-order valence-corrected chi connectivity index (χ3v) is 6.55. The van der Waals surface area contributed by atoms with Gasteiger partial charge in [0, 0.05) is 28.7 Å². The number of nitrogens with zero attached hydrogens (tertiary/aromatic N) is 2. The largest absolute Gasteiger partial charge is 0.435 e. The Balaban J connectivity index is 1.61. The van der Waals surface area contributed by atoms with Crippen molar-refractivity contribution in [3.05, 3.63) is 46.2 Å². The molecule has 0 radical (unpaired) electrons. The van der Waals surface area contributed by atoms with Crippen molar-refractivity contribution in [2.75, 3.05) is 20.6 Å². The minimum Gasteiger partial charge on any atom is -0.435 e. The van der Waals surface area contributed by atoms with E-state index in [0.717, 1.165) is 19.3 Å². The zero-order valence-electron chi connectivity index (χ0n) is 18.7. The number of hydrazone groups is 1. The molecule has 0 aromatic heterocycles. The van der Waals surface area contributed by atoms with Crippen LogP contribution in [-0.2, 0) is 9.53 Å². The molecule has 2 aliphatic rings. The molecule has 1 atom stereocenters. The predicted molar refractivity (Wildman–Crippen MR) is 125 cm³/mol. The highest BCUT2D eigenvalue weighted by molar-refractivity contribution is 9.10. The van der Waals surface area contributed by atoms with Gasteiger partial charge in [0.25, 0.3) is 0 Å². The van der Waals surface area contributed by atoms with Crippen LogP contribution < -0.4 is 10.7 Å². The number of amides is 2. The Morgan fingerprint density at radius 1 is 1.44 bits per heavy atom. The van der Waals surface area contributed by atoms with Crippen molar-refractivity contribution in [3.8, 4) is 0 Å². The smallest absolute Gasteiger partial charge is 0.428 e. The molecule has 32 heavy (non-hydrogen) atoms. The third-order valence-electron chi connectivity index (χ3n) is 5.89. The van der Waals surface area contributed by atoms with E-state index in [0.29, 0.717) is 41.1 Å². The SMILES string of the molecule is C[C@@H](CC1CCC2(CC1)OC(=O)NN=C2c1ccc(F)cc1Br)NC(=O)/C=C/CN(C)C. The second kappa shape index (κ2) is 10.6. The first-order valence-corrected chi connectivity index (χ1v) is 11.6. The Morgan fingerprint density at radius 3 is 2.81 bits per heavy atom. The number of carbonyl (C=O) groups excluding carboxylic acids is 2. The number of likely N-dealkylation sites (N-methyl/N-ethyl adjacent to an activating group) is 1. The van der Waals surface area contributed by atoms with E-state index in [1.54, 1.807) is 12.1 Å². The van der Waals surface area contributed by atoms with E-state index in [-0.39, 0.29) is 17.8 Å². The lowest BCUT2D eigenvalue weighted by molar-refractivity contribution is -0.117. The topological polar surface area (TPSA) is 83.0 Å². The fourth-order valence-electron chi connectivity index (χ4n) is 4.38. The van der Waals surface area contributed by atoms with Crippen LogP contribution in [0.2, 0.25) is 0 Å². The van der Waals surface area contributed by atoms with Gasteiger partial charge in [0.2, 0.25) is 5.91 Å². The normalized spacial score (nSPS) is 24.2. The van der Waals surface area contributed by atoms with Gasteiger partial charge in [-0.15, -0.1) is 0 Å². The molecule has 2 N–H and O–H groups in total. The van der Waals surface area contributed by atoms with Crippen LogP contribution in [0, 0.1) is 11.7 Å². The van der Waals surface area contributed by atoms with Crippen LogP contribution in [0.1, 0.15) is 44.6 Å². The van der Waals surface area contributed by atoms with Crippen molar-refractivity contribution < 1.29 is 18.7 Å². The van der Waals surface area contributed by atoms with Crippen molar-refractivity contribution in [1.29, 1.82) is 0 Å². The number of halogens is 2. The number of benzene rings is 1. The summed E-state index contributed by atoms with van der Waals surface area (Å²) in [7, 11) is 3.90. The molecular weight excluding hydrogens is 479 g/mol. The van der Waals surface area contributed by atoms with Crippen LogP contribution in [-0.4, -0.2) is 54.9 Å². The summed E-state index contributed by atoms with van der Waals surface area (Å²) in [5.74, 6) is -0.0463. The van der Waals surface area contributed by atoms with E-state index in [9.17, 15) is 14.0 Å². The second-order valence-electron chi connectivity index (χ2n) is 8.83. The minimum atomic E-state index is -0.833. The first-order valence-electron chi connectivity index (χ1n) is 10.8. The number of carbonyl (C=O) groups is 2. The molecule has 1 aliphatic heterocycles. The Morgan fingerprint density at radius 2 is 2.16 bits per heavy atom. The summed E-state index contributed by atoms with van der Waals surface area (Å²) in [6.07, 6.45) is 6.60. The number of ether oxygens (including phenoxy) is 1. The monoisotopic (exact) mass is 508 g/mol. The molecule has 1 aromatic rings. The zero-order chi connectivity index (χ0) is 23.3. The molecule has 3 rings (SSSR count). The molecule has 1 heterocycles. The lowest BCUT2D eigenvalue weighted by atomic mass is 9.73. The summed E-state index contributed by atoms with van der Waals surface area (Å²) in [4.78, 5) is 26.1. The van der Waals surface area contributed by atoms with E-state index in [2.05, 4.69) is 31.8 Å². The zero-order valence-corrected chi connectivity index (χ0v) is 20.2. The van der Waals surface area contributed by atoms with Gasteiger partial charge in [-0.3, -0.25) is 4.79 Å². The van der Waals surface area contributed by atoms with Gasteiger partial charge in [-0.1, -0.05) is 22.0 Å². The molecule has 174 valence electrons. The van der Waals surface area contributed by atoms with Crippen LogP contribution in [0.5, 0.6) is 0 Å². The van der Waals surface area contributed by atoms with E-state index in [1.165, 1.54) is 12.1 Å². The molecule has 1 spiro atoms. The fourth-order valence-corrected chi connectivity index (χ4v) is 4.92. The lowest BCUT2D eigenvalue weighted by Gasteiger charge is -2.42. The van der Waals surface area contributed by atoms with E-state index < -0.39 is 11.7 Å². The van der Waals surface area contributed by atoms with Crippen molar-refractivity contribution in [3.63, 3.8) is 0 Å². The highest BCUT2D eigenvalue weighted by Crippen LogP contribution is 2.41. The highest BCUT2D eigenvalue weighted by atomic mass is 79.9. The minimum absolute atomic E-state index is 0.0421. The molecule has 1 aliphatic carbocycles. The van der Waals surface area contributed by atoms with Crippen LogP contribution in [0.3, 0.4) is 0 Å². The molecule has 7 nitrogen and oxygen atoms in total. The van der Waals surface area contributed by atoms with E-state index in [1.807, 2.05) is 32.0 Å². The van der Waals surface area contributed by atoms with Crippen LogP contribution in [0.25, 0.3) is 0 Å². The van der Waals surface area contributed by atoms with Crippen molar-refractivity contribution in [2.24, 2.45) is 11.0 Å². The molecule has 0 unspecified atom stereocenters. The van der Waals surface area contributed by atoms with E-state index in [4.69, 9.17) is 4.74 Å². The van der Waals surface area contributed by atoms with Crippen molar-refractivity contribution in [2.45, 2.75) is 50.7 Å². The molecule has 2 amide bonds. The standard InChI is InChI=1S/C23H30BrFN4O3/c1-15(26-20(30)5-4-12-29(2)3)13-16-8-10-23(11-9-16)21(27-28-22(31)32-23)18-7-6-17(25)14-19(18)24/h4-7,14-16H,8-13H2,1-3H3,(H,26,30)(H,28,31)/b5-4+/t15-,16?,23?/m0/s1. The first kappa shape index (κ1) is 24.4. The molecule has 0 saturated heterocycles. The number of rotatable bonds is 7. The number of hydrogen-bond donors (Lipinski definition) is 2. The maximum Gasteiger partial charge on any atom is 0.428 e. The number of hydrogen-bond acceptors (Lipinski definition) is 5. The van der Waals surface area contributed by atoms with Crippen LogP contribution >= 0.6 is 15.9 Å². The number of nitrogens with one attached hydrogen (secondary N) is 2. The van der Waals surface area contributed by atoms with Gasteiger partial charge < -0.3 is 15.0 Å². The Kier molecular flexibility index (Phi) is 8.05. The average molecular weight is 509 g/mol. The summed E-state index contributed by atoms with van der Waals surface area (Å²) >= 11 is 3.40. The summed E-state index contributed by atoms with van der Waals surface area (Å²) in [5.41, 5.74) is 2.87. The summed E-state index contributed by atoms with van der Waals surface area (Å²) in [6, 6.07) is 4.44. The third kappa shape index (κ3) is 6.16. The summed E-state index contributed by atoms with van der Waals surface area (Å²) < 4.78 is 19.9. The van der Waals surface area contributed by atoms with Gasteiger partial charge in [-0.2, -0.15) is 5.10 Å². The Labute approximate surface area is 196 Å². The average Bonchev–Trinajstić information content (AvgIpc) is 2.70. The van der Waals surface area contributed by atoms with Crippen molar-refractivity contribution in [1.82, 2.24) is 15.6 Å². The van der Waals surface area contributed by atoms with Gasteiger partial charge >= 0.3 is 6.09 Å². The quantitative estimate of drug-likeness (QED) is 0.545. The molecule has 1 fully saturated rings. The van der Waals surface area contributed by atoms with Gasteiger partial charge in [-0.25, -0.2) is 14.6 Å². The predicted octanol–water partition coefficient (Wildman–Crippen LogP) is 3.97. The van der Waals surface area contributed by atoms with Gasteiger partial charge in [0.05, 0.1) is 0 Å². The van der Waals surface area contributed by atoms with Gasteiger partial charge in [0.15, 0.2) is 5.60 Å². The Hall–Kier alpha value is -2.26. The van der Waals surface area contributed by atoms with E-state index >= 15 is 0 Å². The van der Waals surface area contributed by atoms with Crippen LogP contribution in [0.4, 0.5) is 9.18 Å². The lowest BCUT2D eigenvalue weighted by Crippen LogP contribution is -2.52. The molecule has 0 bridgehead atoms. The molecule has 9 heteroatoms. The maximum atomic E-state index is 13.6. The van der Waals surface area contributed by atoms with Gasteiger partial charge in [-0.05, 0) is 77.2 Å². The summed E-state index contributed by atoms with van der Waals surface area (Å²) in [6.45, 7) is 2.73. The van der Waals surface area contributed by atoms with Crippen molar-refractivity contribution >= 4 is 33.6 Å². The second-order valence-corrected chi connectivity index (χ2v) is 9.69. The maximum absolute atomic E-state index is 13.6. The fraction of sp³-hybridized carbons (Fsp3) is 0.522. The summed E-state index contributed by atoms with van der Waals surface area (Å²) in [5, 5.41) is 7.31.